The number of aromatic nitrogens is 2. The van der Waals surface area contributed by atoms with Crippen LogP contribution in [-0.2, 0) is 0 Å². The number of hydrogen-bond donors (Lipinski definition) is 1. The molecule has 1 aromatic rings. The van der Waals surface area contributed by atoms with Crippen molar-refractivity contribution in [2.24, 2.45) is 0 Å². The van der Waals surface area contributed by atoms with Crippen LogP contribution in [-0.4, -0.2) is 9.55 Å². The van der Waals surface area contributed by atoms with Gasteiger partial charge in [-0.05, 0) is 20.3 Å². The SMILES string of the molecule is CCCC(C)c1ncn(C(C)C)c1N. The fourth-order valence-corrected chi connectivity index (χ4v) is 1.75. The molecule has 0 spiro atoms. The van der Waals surface area contributed by atoms with Gasteiger partial charge >= 0.3 is 0 Å². The van der Waals surface area contributed by atoms with Crippen molar-refractivity contribution in [3.05, 3.63) is 12.0 Å². The highest BCUT2D eigenvalue weighted by molar-refractivity contribution is 5.38. The summed E-state index contributed by atoms with van der Waals surface area (Å²) in [5.41, 5.74) is 7.09. The first-order valence-electron chi connectivity index (χ1n) is 5.40. The molecular formula is C11H21N3. The van der Waals surface area contributed by atoms with Crippen LogP contribution in [0.4, 0.5) is 5.82 Å². The van der Waals surface area contributed by atoms with Crippen LogP contribution in [0.2, 0.25) is 0 Å². The average molecular weight is 195 g/mol. The lowest BCUT2D eigenvalue weighted by Crippen LogP contribution is -2.06. The van der Waals surface area contributed by atoms with E-state index in [-0.39, 0.29) is 0 Å². The fraction of sp³-hybridized carbons (Fsp3) is 0.727. The molecule has 3 nitrogen and oxygen atoms in total. The summed E-state index contributed by atoms with van der Waals surface area (Å²) in [5, 5.41) is 0. The minimum Gasteiger partial charge on any atom is -0.384 e. The zero-order valence-electron chi connectivity index (χ0n) is 9.62. The Morgan fingerprint density at radius 2 is 2.07 bits per heavy atom. The molecule has 0 bridgehead atoms. The molecule has 0 aliphatic carbocycles. The molecule has 2 N–H and O–H groups in total. The Morgan fingerprint density at radius 1 is 1.43 bits per heavy atom. The van der Waals surface area contributed by atoms with Gasteiger partial charge in [0.15, 0.2) is 0 Å². The van der Waals surface area contributed by atoms with E-state index in [9.17, 15) is 0 Å². The second-order valence-corrected chi connectivity index (χ2v) is 4.21. The first kappa shape index (κ1) is 11.1. The van der Waals surface area contributed by atoms with Gasteiger partial charge in [0.05, 0.1) is 12.0 Å². The van der Waals surface area contributed by atoms with Crippen molar-refractivity contribution in [2.45, 2.75) is 52.5 Å². The van der Waals surface area contributed by atoms with Gasteiger partial charge in [-0.1, -0.05) is 20.3 Å². The molecule has 0 saturated heterocycles. The van der Waals surface area contributed by atoms with Gasteiger partial charge in [0.2, 0.25) is 0 Å². The Labute approximate surface area is 86.3 Å². The van der Waals surface area contributed by atoms with E-state index in [4.69, 9.17) is 5.73 Å². The van der Waals surface area contributed by atoms with Gasteiger partial charge in [-0.15, -0.1) is 0 Å². The Hall–Kier alpha value is -0.990. The molecule has 14 heavy (non-hydrogen) atoms. The summed E-state index contributed by atoms with van der Waals surface area (Å²) in [6.07, 6.45) is 4.18. The summed E-state index contributed by atoms with van der Waals surface area (Å²) in [6, 6.07) is 0.394. The van der Waals surface area contributed by atoms with E-state index in [0.717, 1.165) is 17.9 Å². The zero-order chi connectivity index (χ0) is 10.7. The number of hydrogen-bond acceptors (Lipinski definition) is 2. The first-order valence-corrected chi connectivity index (χ1v) is 5.40. The summed E-state index contributed by atoms with van der Waals surface area (Å²) in [5.74, 6) is 1.31. The van der Waals surface area contributed by atoms with Crippen LogP contribution in [0.5, 0.6) is 0 Å². The molecule has 3 heteroatoms. The standard InChI is InChI=1S/C11H21N3/c1-5-6-9(4)10-11(12)14(7-13-10)8(2)3/h7-9H,5-6,12H2,1-4H3. The lowest BCUT2D eigenvalue weighted by molar-refractivity contribution is 0.605. The number of nitrogens with two attached hydrogens (primary N) is 1. The first-order chi connectivity index (χ1) is 6.57. The third kappa shape index (κ3) is 2.08. The quantitative estimate of drug-likeness (QED) is 0.802. The van der Waals surface area contributed by atoms with Gasteiger partial charge in [-0.2, -0.15) is 0 Å². The topological polar surface area (TPSA) is 43.8 Å². The summed E-state index contributed by atoms with van der Waals surface area (Å²) < 4.78 is 2.03. The third-order valence-electron chi connectivity index (χ3n) is 2.61. The maximum Gasteiger partial charge on any atom is 0.127 e. The third-order valence-corrected chi connectivity index (χ3v) is 2.61. The van der Waals surface area contributed by atoms with Gasteiger partial charge < -0.3 is 10.3 Å². The average Bonchev–Trinajstić information content (AvgIpc) is 2.47. The molecule has 0 saturated carbocycles. The molecule has 1 rings (SSSR count). The van der Waals surface area contributed by atoms with E-state index >= 15 is 0 Å². The minimum atomic E-state index is 0.394. The highest BCUT2D eigenvalue weighted by Crippen LogP contribution is 2.26. The second kappa shape index (κ2) is 4.49. The van der Waals surface area contributed by atoms with E-state index in [1.54, 1.807) is 0 Å². The van der Waals surface area contributed by atoms with Crippen molar-refractivity contribution in [3.63, 3.8) is 0 Å². The maximum absolute atomic E-state index is 6.04. The van der Waals surface area contributed by atoms with E-state index < -0.39 is 0 Å². The molecule has 0 aliphatic rings. The highest BCUT2D eigenvalue weighted by Gasteiger charge is 2.14. The largest absolute Gasteiger partial charge is 0.384 e. The van der Waals surface area contributed by atoms with Crippen molar-refractivity contribution >= 4 is 5.82 Å². The van der Waals surface area contributed by atoms with Crippen LogP contribution in [0, 0.1) is 0 Å². The number of anilines is 1. The van der Waals surface area contributed by atoms with Crippen LogP contribution in [0.1, 0.15) is 58.2 Å². The molecular weight excluding hydrogens is 174 g/mol. The summed E-state index contributed by atoms with van der Waals surface area (Å²) in [6.45, 7) is 8.61. The van der Waals surface area contributed by atoms with E-state index in [0.29, 0.717) is 12.0 Å². The van der Waals surface area contributed by atoms with Crippen molar-refractivity contribution in [1.82, 2.24) is 9.55 Å². The predicted octanol–water partition coefficient (Wildman–Crippen LogP) is 2.95. The van der Waals surface area contributed by atoms with Gasteiger partial charge in [0.25, 0.3) is 0 Å². The molecule has 80 valence electrons. The Balaban J connectivity index is 2.89. The molecule has 0 amide bonds. The Kier molecular flexibility index (Phi) is 3.55. The molecule has 1 atom stereocenters. The van der Waals surface area contributed by atoms with Crippen molar-refractivity contribution in [1.29, 1.82) is 0 Å². The molecule has 1 unspecified atom stereocenters. The molecule has 1 heterocycles. The van der Waals surface area contributed by atoms with Crippen LogP contribution < -0.4 is 5.73 Å². The molecule has 0 aromatic carbocycles. The van der Waals surface area contributed by atoms with E-state index in [1.807, 2.05) is 10.9 Å². The van der Waals surface area contributed by atoms with Crippen molar-refractivity contribution < 1.29 is 0 Å². The van der Waals surface area contributed by atoms with E-state index in [2.05, 4.69) is 32.7 Å². The monoisotopic (exact) mass is 195 g/mol. The van der Waals surface area contributed by atoms with Crippen LogP contribution >= 0.6 is 0 Å². The molecule has 0 radical (unpaired) electrons. The van der Waals surface area contributed by atoms with Crippen LogP contribution in [0.25, 0.3) is 0 Å². The normalized spacial score (nSPS) is 13.5. The summed E-state index contributed by atoms with van der Waals surface area (Å²) in [4.78, 5) is 4.39. The zero-order valence-corrected chi connectivity index (χ0v) is 9.62. The van der Waals surface area contributed by atoms with Crippen molar-refractivity contribution in [2.75, 3.05) is 5.73 Å². The summed E-state index contributed by atoms with van der Waals surface area (Å²) >= 11 is 0. The number of rotatable bonds is 4. The predicted molar refractivity (Wildman–Crippen MR) is 60.3 cm³/mol. The molecule has 0 fully saturated rings. The second-order valence-electron chi connectivity index (χ2n) is 4.21. The minimum absolute atomic E-state index is 0.394. The van der Waals surface area contributed by atoms with Gasteiger partial charge in [0, 0.05) is 12.0 Å². The number of nitrogen functional groups attached to an aromatic ring is 1. The lowest BCUT2D eigenvalue weighted by Gasteiger charge is -2.11. The fourth-order valence-electron chi connectivity index (χ4n) is 1.75. The molecule has 1 aromatic heterocycles. The Morgan fingerprint density at radius 3 is 2.50 bits per heavy atom. The smallest absolute Gasteiger partial charge is 0.127 e. The number of nitrogens with zero attached hydrogens (tertiary/aromatic N) is 2. The van der Waals surface area contributed by atoms with Crippen LogP contribution in [0.15, 0.2) is 6.33 Å². The highest BCUT2D eigenvalue weighted by atomic mass is 15.1. The molecule has 0 aliphatic heterocycles. The van der Waals surface area contributed by atoms with Gasteiger partial charge in [0.1, 0.15) is 5.82 Å². The lowest BCUT2D eigenvalue weighted by atomic mass is 10.0. The van der Waals surface area contributed by atoms with Gasteiger partial charge in [-0.3, -0.25) is 0 Å². The summed E-state index contributed by atoms with van der Waals surface area (Å²) in [7, 11) is 0. The Bertz CT molecular complexity index is 289. The maximum atomic E-state index is 6.04. The van der Waals surface area contributed by atoms with E-state index in [1.165, 1.54) is 6.42 Å². The van der Waals surface area contributed by atoms with Crippen LogP contribution in [0.3, 0.4) is 0 Å². The van der Waals surface area contributed by atoms with Gasteiger partial charge in [-0.25, -0.2) is 4.98 Å². The van der Waals surface area contributed by atoms with Crippen molar-refractivity contribution in [3.8, 4) is 0 Å². The number of imidazole rings is 1.